The number of amides is 1. The van der Waals surface area contributed by atoms with E-state index in [4.69, 9.17) is 4.74 Å². The van der Waals surface area contributed by atoms with Gasteiger partial charge in [0.25, 0.3) is 11.6 Å². The lowest BCUT2D eigenvalue weighted by Gasteiger charge is -2.11. The zero-order chi connectivity index (χ0) is 23.1. The van der Waals surface area contributed by atoms with Crippen molar-refractivity contribution in [3.63, 3.8) is 0 Å². The van der Waals surface area contributed by atoms with Gasteiger partial charge >= 0.3 is 0 Å². The van der Waals surface area contributed by atoms with Gasteiger partial charge in [-0.3, -0.25) is 14.9 Å². The highest BCUT2D eigenvalue weighted by atomic mass is 16.6. The predicted molar refractivity (Wildman–Crippen MR) is 122 cm³/mol. The number of nitro groups is 1. The standard InChI is InChI=1S/C25H21N3O4/c1-17-10-11-18(2)23(12-17)27-25(29)21(15-26)14-20-7-3-4-9-24(20)32-16-19-6-5-8-22(13-19)28(30)31/h3-14H,16H2,1-2H3,(H,27,29)/b21-14+. The fraction of sp³-hybridized carbons (Fsp3) is 0.120. The number of ether oxygens (including phenoxy) is 1. The lowest BCUT2D eigenvalue weighted by Crippen LogP contribution is -2.14. The highest BCUT2D eigenvalue weighted by Gasteiger charge is 2.13. The van der Waals surface area contributed by atoms with Crippen LogP contribution < -0.4 is 10.1 Å². The van der Waals surface area contributed by atoms with E-state index in [-0.39, 0.29) is 17.9 Å². The quantitative estimate of drug-likeness (QED) is 0.237. The first-order valence-electron chi connectivity index (χ1n) is 9.83. The van der Waals surface area contributed by atoms with Crippen molar-refractivity contribution in [2.75, 3.05) is 5.32 Å². The summed E-state index contributed by atoms with van der Waals surface area (Å²) in [5.74, 6) is -0.0685. The van der Waals surface area contributed by atoms with Crippen LogP contribution in [-0.2, 0) is 11.4 Å². The Morgan fingerprint density at radius 2 is 1.91 bits per heavy atom. The molecular weight excluding hydrogens is 406 g/mol. The maximum absolute atomic E-state index is 12.7. The third-order valence-corrected chi connectivity index (χ3v) is 4.74. The normalized spacial score (nSPS) is 10.8. The molecular formula is C25H21N3O4. The lowest BCUT2D eigenvalue weighted by molar-refractivity contribution is -0.384. The number of rotatable bonds is 7. The van der Waals surface area contributed by atoms with E-state index < -0.39 is 10.8 Å². The van der Waals surface area contributed by atoms with E-state index in [2.05, 4.69) is 5.32 Å². The van der Waals surface area contributed by atoms with E-state index in [1.54, 1.807) is 36.4 Å². The van der Waals surface area contributed by atoms with Crippen molar-refractivity contribution in [3.05, 3.63) is 105 Å². The van der Waals surface area contributed by atoms with Gasteiger partial charge in [0.15, 0.2) is 0 Å². The number of carbonyl (C=O) groups excluding carboxylic acids is 1. The Morgan fingerprint density at radius 3 is 2.66 bits per heavy atom. The number of hydrogen-bond acceptors (Lipinski definition) is 5. The molecule has 0 spiro atoms. The maximum Gasteiger partial charge on any atom is 0.269 e. The van der Waals surface area contributed by atoms with Crippen molar-refractivity contribution in [1.82, 2.24) is 0 Å². The number of nitro benzene ring substituents is 1. The summed E-state index contributed by atoms with van der Waals surface area (Å²) in [4.78, 5) is 23.2. The summed E-state index contributed by atoms with van der Waals surface area (Å²) in [5, 5.41) is 23.3. The highest BCUT2D eigenvalue weighted by molar-refractivity contribution is 6.10. The number of carbonyl (C=O) groups is 1. The van der Waals surface area contributed by atoms with Gasteiger partial charge < -0.3 is 10.1 Å². The molecule has 0 saturated carbocycles. The van der Waals surface area contributed by atoms with Crippen molar-refractivity contribution < 1.29 is 14.5 Å². The summed E-state index contributed by atoms with van der Waals surface area (Å²) in [5.41, 5.74) is 3.62. The van der Waals surface area contributed by atoms with Crippen LogP contribution in [0.2, 0.25) is 0 Å². The molecule has 7 heteroatoms. The molecule has 7 nitrogen and oxygen atoms in total. The van der Waals surface area contributed by atoms with Crippen molar-refractivity contribution in [2.45, 2.75) is 20.5 Å². The van der Waals surface area contributed by atoms with Crippen LogP contribution in [0, 0.1) is 35.3 Å². The van der Waals surface area contributed by atoms with E-state index in [0.717, 1.165) is 11.1 Å². The third-order valence-electron chi connectivity index (χ3n) is 4.74. The average molecular weight is 427 g/mol. The number of anilines is 1. The minimum Gasteiger partial charge on any atom is -0.488 e. The first-order chi connectivity index (χ1) is 15.4. The largest absolute Gasteiger partial charge is 0.488 e. The van der Waals surface area contributed by atoms with Crippen LogP contribution in [-0.4, -0.2) is 10.8 Å². The Morgan fingerprint density at radius 1 is 1.12 bits per heavy atom. The molecule has 3 aromatic rings. The number of non-ortho nitro benzene ring substituents is 1. The number of para-hydroxylation sites is 1. The highest BCUT2D eigenvalue weighted by Crippen LogP contribution is 2.24. The summed E-state index contributed by atoms with van der Waals surface area (Å²) in [6, 6.07) is 20.8. The molecule has 0 fully saturated rings. The zero-order valence-corrected chi connectivity index (χ0v) is 17.7. The van der Waals surface area contributed by atoms with E-state index in [9.17, 15) is 20.2 Å². The number of aryl methyl sites for hydroxylation is 2. The number of nitriles is 1. The molecule has 0 saturated heterocycles. The predicted octanol–water partition coefficient (Wildman–Crippen LogP) is 5.34. The molecule has 3 rings (SSSR count). The average Bonchev–Trinajstić information content (AvgIpc) is 2.79. The SMILES string of the molecule is Cc1ccc(C)c(NC(=O)/C(C#N)=C/c2ccccc2OCc2cccc([N+](=O)[O-])c2)c1. The summed E-state index contributed by atoms with van der Waals surface area (Å²) in [7, 11) is 0. The topological polar surface area (TPSA) is 105 Å². The molecule has 3 aromatic carbocycles. The summed E-state index contributed by atoms with van der Waals surface area (Å²) < 4.78 is 5.83. The lowest BCUT2D eigenvalue weighted by atomic mass is 10.1. The third kappa shape index (κ3) is 5.58. The van der Waals surface area contributed by atoms with Crippen molar-refractivity contribution in [2.24, 2.45) is 0 Å². The van der Waals surface area contributed by atoms with Crippen LogP contribution in [0.25, 0.3) is 6.08 Å². The second-order valence-corrected chi connectivity index (χ2v) is 7.20. The number of nitrogens with zero attached hydrogens (tertiary/aromatic N) is 2. The molecule has 1 N–H and O–H groups in total. The van der Waals surface area contributed by atoms with Crippen LogP contribution in [0.3, 0.4) is 0 Å². The van der Waals surface area contributed by atoms with Gasteiger partial charge in [0.05, 0.1) is 4.92 Å². The molecule has 160 valence electrons. The van der Waals surface area contributed by atoms with Gasteiger partial charge in [-0.25, -0.2) is 0 Å². The minimum absolute atomic E-state index is 0.0193. The van der Waals surface area contributed by atoms with E-state index in [1.165, 1.54) is 18.2 Å². The smallest absolute Gasteiger partial charge is 0.269 e. The molecule has 0 aromatic heterocycles. The molecule has 0 aliphatic heterocycles. The van der Waals surface area contributed by atoms with Gasteiger partial charge in [0.2, 0.25) is 0 Å². The van der Waals surface area contributed by atoms with Crippen LogP contribution in [0.1, 0.15) is 22.3 Å². The number of hydrogen-bond donors (Lipinski definition) is 1. The Hall–Kier alpha value is -4.44. The fourth-order valence-corrected chi connectivity index (χ4v) is 3.02. The molecule has 0 aliphatic rings. The van der Waals surface area contributed by atoms with Crippen molar-refractivity contribution >= 4 is 23.4 Å². The second kappa shape index (κ2) is 10.0. The Balaban J connectivity index is 1.80. The van der Waals surface area contributed by atoms with Gasteiger partial charge in [-0.05, 0) is 48.7 Å². The van der Waals surface area contributed by atoms with Crippen molar-refractivity contribution in [3.8, 4) is 11.8 Å². The first kappa shape index (κ1) is 22.2. The van der Waals surface area contributed by atoms with Gasteiger partial charge in [0, 0.05) is 23.4 Å². The Bertz CT molecular complexity index is 1240. The molecule has 32 heavy (non-hydrogen) atoms. The molecule has 0 bridgehead atoms. The molecule has 0 heterocycles. The number of benzene rings is 3. The number of nitrogens with one attached hydrogen (secondary N) is 1. The molecule has 0 radical (unpaired) electrons. The van der Waals surface area contributed by atoms with Gasteiger partial charge in [0.1, 0.15) is 24.0 Å². The first-order valence-corrected chi connectivity index (χ1v) is 9.83. The van der Waals surface area contributed by atoms with Crippen LogP contribution in [0.5, 0.6) is 5.75 Å². The van der Waals surface area contributed by atoms with Crippen molar-refractivity contribution in [1.29, 1.82) is 5.26 Å². The molecule has 0 unspecified atom stereocenters. The fourth-order valence-electron chi connectivity index (χ4n) is 3.02. The van der Waals surface area contributed by atoms with E-state index in [0.29, 0.717) is 22.6 Å². The minimum atomic E-state index is -0.519. The van der Waals surface area contributed by atoms with Gasteiger partial charge in [-0.2, -0.15) is 5.26 Å². The van der Waals surface area contributed by atoms with E-state index >= 15 is 0 Å². The summed E-state index contributed by atoms with van der Waals surface area (Å²) in [6.07, 6.45) is 1.46. The van der Waals surface area contributed by atoms with Crippen LogP contribution in [0.4, 0.5) is 11.4 Å². The summed E-state index contributed by atoms with van der Waals surface area (Å²) >= 11 is 0. The van der Waals surface area contributed by atoms with Gasteiger partial charge in [-0.1, -0.05) is 42.5 Å². The molecule has 0 aliphatic carbocycles. The Labute approximate surface area is 185 Å². The monoisotopic (exact) mass is 427 g/mol. The van der Waals surface area contributed by atoms with Crippen LogP contribution in [0.15, 0.2) is 72.3 Å². The maximum atomic E-state index is 12.7. The molecule has 1 amide bonds. The van der Waals surface area contributed by atoms with E-state index in [1.807, 2.05) is 38.1 Å². The van der Waals surface area contributed by atoms with Crippen LogP contribution >= 0.6 is 0 Å². The zero-order valence-electron chi connectivity index (χ0n) is 17.7. The summed E-state index contributed by atoms with van der Waals surface area (Å²) in [6.45, 7) is 3.90. The second-order valence-electron chi connectivity index (χ2n) is 7.20. The molecule has 0 atom stereocenters. The van der Waals surface area contributed by atoms with Gasteiger partial charge in [-0.15, -0.1) is 0 Å². The Kier molecular flexibility index (Phi) is 6.99.